The Labute approximate surface area is 114 Å². The fraction of sp³-hybridized carbons (Fsp3) is 0.846. The van der Waals surface area contributed by atoms with Crippen LogP contribution in [0.25, 0.3) is 0 Å². The largest absolute Gasteiger partial charge is 0.481 e. The third-order valence-electron chi connectivity index (χ3n) is 3.22. The Bertz CT molecular complexity index is 305. The van der Waals surface area contributed by atoms with E-state index in [9.17, 15) is 9.59 Å². The van der Waals surface area contributed by atoms with Crippen LogP contribution < -0.4 is 5.32 Å². The minimum Gasteiger partial charge on any atom is -0.481 e. The lowest BCUT2D eigenvalue weighted by Gasteiger charge is -2.24. The molecule has 0 aromatic carbocycles. The minimum atomic E-state index is -0.925. The van der Waals surface area contributed by atoms with Gasteiger partial charge in [0, 0.05) is 26.2 Å². The summed E-state index contributed by atoms with van der Waals surface area (Å²) in [4.78, 5) is 24.5. The zero-order chi connectivity index (χ0) is 14.3. The van der Waals surface area contributed by atoms with E-state index in [0.717, 1.165) is 32.2 Å². The van der Waals surface area contributed by atoms with Crippen molar-refractivity contribution in [2.75, 3.05) is 20.2 Å². The monoisotopic (exact) mass is 272 g/mol. The van der Waals surface area contributed by atoms with Crippen LogP contribution in [0.2, 0.25) is 0 Å². The van der Waals surface area contributed by atoms with Crippen LogP contribution >= 0.6 is 0 Å². The zero-order valence-corrected chi connectivity index (χ0v) is 11.7. The van der Waals surface area contributed by atoms with Crippen molar-refractivity contribution in [2.45, 2.75) is 51.2 Å². The third kappa shape index (κ3) is 5.92. The molecule has 1 fully saturated rings. The van der Waals surface area contributed by atoms with E-state index in [-0.39, 0.29) is 19.0 Å². The van der Waals surface area contributed by atoms with E-state index in [0.29, 0.717) is 6.04 Å². The Hall–Kier alpha value is -1.30. The Balaban J connectivity index is 2.36. The highest BCUT2D eigenvalue weighted by atomic mass is 16.5. The van der Waals surface area contributed by atoms with Crippen LogP contribution in [0.5, 0.6) is 0 Å². The zero-order valence-electron chi connectivity index (χ0n) is 11.7. The Morgan fingerprint density at radius 1 is 1.47 bits per heavy atom. The molecular weight excluding hydrogens is 248 g/mol. The lowest BCUT2D eigenvalue weighted by molar-refractivity contribution is -0.139. The maximum absolute atomic E-state index is 12.0. The van der Waals surface area contributed by atoms with Gasteiger partial charge in [0.15, 0.2) is 0 Å². The van der Waals surface area contributed by atoms with Gasteiger partial charge in [-0.05, 0) is 19.3 Å². The molecule has 0 aromatic rings. The molecule has 1 atom stereocenters. The topological polar surface area (TPSA) is 78.9 Å². The molecule has 1 saturated carbocycles. The van der Waals surface area contributed by atoms with Gasteiger partial charge in [0.05, 0.1) is 12.5 Å². The first-order chi connectivity index (χ1) is 9.08. The second kappa shape index (κ2) is 7.99. The third-order valence-corrected chi connectivity index (χ3v) is 3.22. The van der Waals surface area contributed by atoms with E-state index < -0.39 is 12.1 Å². The van der Waals surface area contributed by atoms with E-state index in [1.165, 1.54) is 7.11 Å². The maximum Gasteiger partial charge on any atom is 0.317 e. The van der Waals surface area contributed by atoms with Gasteiger partial charge in [-0.15, -0.1) is 0 Å². The fourth-order valence-electron chi connectivity index (χ4n) is 1.90. The van der Waals surface area contributed by atoms with E-state index >= 15 is 0 Å². The highest BCUT2D eigenvalue weighted by Crippen LogP contribution is 2.27. The predicted octanol–water partition coefficient (Wildman–Crippen LogP) is 1.45. The molecular formula is C13H24N2O4. The molecule has 0 bridgehead atoms. The number of hydrogen-bond donors (Lipinski definition) is 2. The molecule has 110 valence electrons. The highest BCUT2D eigenvalue weighted by molar-refractivity contribution is 5.75. The fourth-order valence-corrected chi connectivity index (χ4v) is 1.90. The molecule has 19 heavy (non-hydrogen) atoms. The number of ether oxygens (including phenoxy) is 1. The SMILES string of the molecule is CCCCN(C(=O)NCC(CC(=O)O)OC)C1CC1. The summed E-state index contributed by atoms with van der Waals surface area (Å²) < 4.78 is 5.03. The molecule has 0 radical (unpaired) electrons. The van der Waals surface area contributed by atoms with Gasteiger partial charge in [-0.2, -0.15) is 0 Å². The number of carbonyl (C=O) groups excluding carboxylic acids is 1. The maximum atomic E-state index is 12.0. The normalized spacial score (nSPS) is 15.9. The average Bonchev–Trinajstić information content (AvgIpc) is 3.19. The molecule has 2 N–H and O–H groups in total. The second-order valence-corrected chi connectivity index (χ2v) is 4.92. The van der Waals surface area contributed by atoms with Crippen LogP contribution in [0.3, 0.4) is 0 Å². The van der Waals surface area contributed by atoms with Crippen molar-refractivity contribution in [1.29, 1.82) is 0 Å². The molecule has 0 aromatic heterocycles. The van der Waals surface area contributed by atoms with Crippen LogP contribution in [0.1, 0.15) is 39.0 Å². The number of nitrogens with zero attached hydrogens (tertiary/aromatic N) is 1. The van der Waals surface area contributed by atoms with E-state index in [4.69, 9.17) is 9.84 Å². The van der Waals surface area contributed by atoms with Crippen LogP contribution in [0.15, 0.2) is 0 Å². The number of unbranched alkanes of at least 4 members (excludes halogenated alkanes) is 1. The quantitative estimate of drug-likeness (QED) is 0.666. The first kappa shape index (κ1) is 15.8. The van der Waals surface area contributed by atoms with Crippen molar-refractivity contribution in [2.24, 2.45) is 0 Å². The van der Waals surface area contributed by atoms with Gasteiger partial charge in [-0.1, -0.05) is 13.3 Å². The summed E-state index contributed by atoms with van der Waals surface area (Å²) in [7, 11) is 1.45. The number of urea groups is 1. The molecule has 1 rings (SSSR count). The number of aliphatic carboxylic acids is 1. The summed E-state index contributed by atoms with van der Waals surface area (Å²) in [6.45, 7) is 3.09. The van der Waals surface area contributed by atoms with Crippen molar-refractivity contribution >= 4 is 12.0 Å². The van der Waals surface area contributed by atoms with Gasteiger partial charge in [-0.3, -0.25) is 4.79 Å². The summed E-state index contributed by atoms with van der Waals surface area (Å²) in [5, 5.41) is 11.5. The Morgan fingerprint density at radius 2 is 2.16 bits per heavy atom. The number of amides is 2. The lowest BCUT2D eigenvalue weighted by atomic mass is 10.2. The molecule has 0 saturated heterocycles. The molecule has 1 unspecified atom stereocenters. The van der Waals surface area contributed by atoms with Gasteiger partial charge in [0.25, 0.3) is 0 Å². The van der Waals surface area contributed by atoms with E-state index in [1.54, 1.807) is 0 Å². The molecule has 1 aliphatic rings. The molecule has 6 nitrogen and oxygen atoms in total. The number of nitrogens with one attached hydrogen (secondary N) is 1. The highest BCUT2D eigenvalue weighted by Gasteiger charge is 2.32. The Morgan fingerprint density at radius 3 is 2.63 bits per heavy atom. The summed E-state index contributed by atoms with van der Waals surface area (Å²) in [6.07, 6.45) is 3.60. The molecule has 2 amide bonds. The Kier molecular flexibility index (Phi) is 6.62. The number of hydrogen-bond acceptors (Lipinski definition) is 3. The van der Waals surface area contributed by atoms with Gasteiger partial charge in [0.2, 0.25) is 0 Å². The van der Waals surface area contributed by atoms with Gasteiger partial charge < -0.3 is 20.1 Å². The minimum absolute atomic E-state index is 0.102. The van der Waals surface area contributed by atoms with Gasteiger partial charge in [0.1, 0.15) is 0 Å². The standard InChI is InChI=1S/C13H24N2O4/c1-3-4-7-15(10-5-6-10)13(18)14-9-11(19-2)8-12(16)17/h10-11H,3-9H2,1-2H3,(H,14,18)(H,16,17). The van der Waals surface area contributed by atoms with E-state index in [1.807, 2.05) is 4.90 Å². The molecule has 0 aliphatic heterocycles. The van der Waals surface area contributed by atoms with E-state index in [2.05, 4.69) is 12.2 Å². The summed E-state index contributed by atoms with van der Waals surface area (Å²) in [5.41, 5.74) is 0. The van der Waals surface area contributed by atoms with Crippen molar-refractivity contribution in [3.63, 3.8) is 0 Å². The molecule has 6 heteroatoms. The smallest absolute Gasteiger partial charge is 0.317 e. The van der Waals surface area contributed by atoms with Crippen molar-refractivity contribution in [3.05, 3.63) is 0 Å². The number of methoxy groups -OCH3 is 1. The molecule has 0 heterocycles. The van der Waals surface area contributed by atoms with Crippen molar-refractivity contribution in [1.82, 2.24) is 10.2 Å². The van der Waals surface area contributed by atoms with Gasteiger partial charge >= 0.3 is 12.0 Å². The second-order valence-electron chi connectivity index (χ2n) is 4.92. The summed E-state index contributed by atoms with van der Waals surface area (Å²) in [6, 6.07) is 0.260. The number of carboxylic acids is 1. The summed E-state index contributed by atoms with van der Waals surface area (Å²) in [5.74, 6) is -0.925. The number of rotatable bonds is 9. The lowest BCUT2D eigenvalue weighted by Crippen LogP contribution is -2.45. The average molecular weight is 272 g/mol. The first-order valence-corrected chi connectivity index (χ1v) is 6.87. The molecule has 0 spiro atoms. The van der Waals surface area contributed by atoms with Crippen molar-refractivity contribution < 1.29 is 19.4 Å². The van der Waals surface area contributed by atoms with Crippen LogP contribution in [0.4, 0.5) is 4.79 Å². The van der Waals surface area contributed by atoms with Gasteiger partial charge in [-0.25, -0.2) is 4.79 Å². The van der Waals surface area contributed by atoms with Crippen LogP contribution in [-0.4, -0.2) is 54.4 Å². The predicted molar refractivity (Wildman–Crippen MR) is 71.1 cm³/mol. The number of carbonyl (C=O) groups is 2. The van der Waals surface area contributed by atoms with Crippen molar-refractivity contribution in [3.8, 4) is 0 Å². The van der Waals surface area contributed by atoms with Crippen LogP contribution in [-0.2, 0) is 9.53 Å². The molecule has 1 aliphatic carbocycles. The summed E-state index contributed by atoms with van der Waals surface area (Å²) >= 11 is 0. The number of carboxylic acid groups (broad SMARTS) is 1. The van der Waals surface area contributed by atoms with Crippen LogP contribution in [0, 0.1) is 0 Å². The first-order valence-electron chi connectivity index (χ1n) is 6.87.